The largest absolute Gasteiger partial charge is 0.326 e. The summed E-state index contributed by atoms with van der Waals surface area (Å²) in [4.78, 5) is 28.8. The van der Waals surface area contributed by atoms with Gasteiger partial charge in [0.15, 0.2) is 5.78 Å². The first-order valence-electron chi connectivity index (χ1n) is 7.51. The van der Waals surface area contributed by atoms with Crippen LogP contribution in [0.1, 0.15) is 67.6 Å². The van der Waals surface area contributed by atoms with Gasteiger partial charge in [-0.15, -0.1) is 11.3 Å². The Kier molecular flexibility index (Phi) is 4.04. The Morgan fingerprint density at radius 3 is 2.48 bits per heavy atom. The number of Topliss-reactive ketones (excluding diaryl/α,β-unsaturated/α-hetero) is 1. The van der Waals surface area contributed by atoms with Gasteiger partial charge in [0.1, 0.15) is 0 Å². The number of nitrogens with zero attached hydrogens (tertiary/aromatic N) is 1. The maximum atomic E-state index is 12.9. The summed E-state index contributed by atoms with van der Waals surface area (Å²) in [5.74, 6) is 0.165. The maximum absolute atomic E-state index is 12.9. The van der Waals surface area contributed by atoms with Crippen molar-refractivity contribution in [2.45, 2.75) is 65.3 Å². The molecule has 0 aliphatic carbocycles. The molecule has 3 nitrogen and oxygen atoms in total. The van der Waals surface area contributed by atoms with Crippen LogP contribution in [0, 0.1) is 6.92 Å². The molecule has 4 heteroatoms. The van der Waals surface area contributed by atoms with Crippen LogP contribution < -0.4 is 0 Å². The normalized spacial score (nSPS) is 19.0. The van der Waals surface area contributed by atoms with Crippen molar-refractivity contribution in [1.29, 1.82) is 0 Å². The van der Waals surface area contributed by atoms with Gasteiger partial charge in [-0.25, -0.2) is 0 Å². The molecule has 1 aromatic rings. The molecule has 0 unspecified atom stereocenters. The second-order valence-electron chi connectivity index (χ2n) is 7.42. The van der Waals surface area contributed by atoms with Crippen LogP contribution in [-0.4, -0.2) is 28.7 Å². The second kappa shape index (κ2) is 5.24. The molecular formula is C17H25NO2S. The third-order valence-electron chi connectivity index (χ3n) is 4.24. The van der Waals surface area contributed by atoms with Crippen LogP contribution >= 0.6 is 11.3 Å². The van der Waals surface area contributed by atoms with Gasteiger partial charge in [0.05, 0.1) is 10.4 Å². The molecule has 0 atom stereocenters. The van der Waals surface area contributed by atoms with Crippen molar-refractivity contribution in [2.24, 2.45) is 0 Å². The molecule has 1 aromatic heterocycles. The number of thiophene rings is 1. The number of hydrogen-bond donors (Lipinski definition) is 0. The molecule has 0 aromatic carbocycles. The minimum absolute atomic E-state index is 0.00560. The third kappa shape index (κ3) is 2.91. The molecule has 1 amide bonds. The summed E-state index contributed by atoms with van der Waals surface area (Å²) in [5.41, 5.74) is 0.373. The van der Waals surface area contributed by atoms with E-state index in [1.807, 2.05) is 20.8 Å². The standard InChI is InChI=1S/C17H25NO2S/c1-11-10-13(16(2,3)4)21-14(11)15(20)18-9-7-8-12(19)17(18,5)6/h10H,7-9H2,1-6H3. The molecule has 0 N–H and O–H groups in total. The lowest BCUT2D eigenvalue weighted by atomic mass is 9.88. The van der Waals surface area contributed by atoms with Crippen LogP contribution in [0.2, 0.25) is 0 Å². The number of ketones is 1. The number of likely N-dealkylation sites (tertiary alicyclic amines) is 1. The summed E-state index contributed by atoms with van der Waals surface area (Å²) in [7, 11) is 0. The van der Waals surface area contributed by atoms with E-state index in [4.69, 9.17) is 0 Å². The highest BCUT2D eigenvalue weighted by Gasteiger charge is 2.41. The number of piperidine rings is 1. The van der Waals surface area contributed by atoms with Crippen LogP contribution in [0.15, 0.2) is 6.07 Å². The Morgan fingerprint density at radius 1 is 1.33 bits per heavy atom. The number of amides is 1. The molecule has 2 rings (SSSR count). The number of hydrogen-bond acceptors (Lipinski definition) is 3. The SMILES string of the molecule is Cc1cc(C(C)(C)C)sc1C(=O)N1CCCC(=O)C1(C)C. The van der Waals surface area contributed by atoms with Gasteiger partial charge < -0.3 is 4.90 Å². The highest BCUT2D eigenvalue weighted by Crippen LogP contribution is 2.35. The van der Waals surface area contributed by atoms with E-state index in [0.717, 1.165) is 16.9 Å². The molecule has 21 heavy (non-hydrogen) atoms. The monoisotopic (exact) mass is 307 g/mol. The summed E-state index contributed by atoms with van der Waals surface area (Å²) < 4.78 is 0. The van der Waals surface area contributed by atoms with Crippen molar-refractivity contribution in [2.75, 3.05) is 6.54 Å². The van der Waals surface area contributed by atoms with Gasteiger partial charge >= 0.3 is 0 Å². The van der Waals surface area contributed by atoms with E-state index in [-0.39, 0.29) is 17.1 Å². The van der Waals surface area contributed by atoms with Crippen molar-refractivity contribution in [1.82, 2.24) is 4.90 Å². The average molecular weight is 307 g/mol. The fourth-order valence-corrected chi connectivity index (χ4v) is 3.85. The Balaban J connectivity index is 2.36. The zero-order chi connectivity index (χ0) is 16.0. The van der Waals surface area contributed by atoms with Crippen molar-refractivity contribution in [3.05, 3.63) is 21.4 Å². The summed E-state index contributed by atoms with van der Waals surface area (Å²) in [6, 6.07) is 2.11. The van der Waals surface area contributed by atoms with Gasteiger partial charge in [-0.05, 0) is 44.2 Å². The quantitative estimate of drug-likeness (QED) is 0.788. The average Bonchev–Trinajstić information content (AvgIpc) is 2.74. The van der Waals surface area contributed by atoms with Crippen LogP contribution in [0.5, 0.6) is 0 Å². The lowest BCUT2D eigenvalue weighted by molar-refractivity contribution is -0.130. The van der Waals surface area contributed by atoms with Crippen LogP contribution in [0.25, 0.3) is 0 Å². The molecular weight excluding hydrogens is 282 g/mol. The van der Waals surface area contributed by atoms with Crippen molar-refractivity contribution in [3.63, 3.8) is 0 Å². The molecule has 1 fully saturated rings. The van der Waals surface area contributed by atoms with E-state index in [9.17, 15) is 9.59 Å². The van der Waals surface area contributed by atoms with E-state index in [0.29, 0.717) is 13.0 Å². The minimum atomic E-state index is -0.687. The fourth-order valence-electron chi connectivity index (χ4n) is 2.68. The van der Waals surface area contributed by atoms with Crippen molar-refractivity contribution in [3.8, 4) is 0 Å². The predicted octanol–water partition coefficient (Wildman–Crippen LogP) is 3.94. The number of aryl methyl sites for hydroxylation is 1. The van der Waals surface area contributed by atoms with E-state index in [2.05, 4.69) is 26.8 Å². The molecule has 1 saturated heterocycles. The highest BCUT2D eigenvalue weighted by atomic mass is 32.1. The highest BCUT2D eigenvalue weighted by molar-refractivity contribution is 7.14. The molecule has 2 heterocycles. The summed E-state index contributed by atoms with van der Waals surface area (Å²) in [5, 5.41) is 0. The zero-order valence-electron chi connectivity index (χ0n) is 13.9. The summed E-state index contributed by atoms with van der Waals surface area (Å²) in [6.07, 6.45) is 1.35. The first kappa shape index (κ1) is 16.2. The third-order valence-corrected chi connectivity index (χ3v) is 5.89. The fraction of sp³-hybridized carbons (Fsp3) is 0.647. The minimum Gasteiger partial charge on any atom is -0.326 e. The Bertz CT molecular complexity index is 578. The van der Waals surface area contributed by atoms with Gasteiger partial charge in [0, 0.05) is 17.8 Å². The van der Waals surface area contributed by atoms with Gasteiger partial charge in [-0.3, -0.25) is 9.59 Å². The van der Waals surface area contributed by atoms with Crippen LogP contribution in [-0.2, 0) is 10.2 Å². The molecule has 0 radical (unpaired) electrons. The van der Waals surface area contributed by atoms with Crippen molar-refractivity contribution < 1.29 is 9.59 Å². The van der Waals surface area contributed by atoms with E-state index < -0.39 is 5.54 Å². The lowest BCUT2D eigenvalue weighted by Crippen LogP contribution is -2.56. The van der Waals surface area contributed by atoms with Crippen LogP contribution in [0.4, 0.5) is 0 Å². The maximum Gasteiger partial charge on any atom is 0.265 e. The number of carbonyl (C=O) groups excluding carboxylic acids is 2. The van der Waals surface area contributed by atoms with Gasteiger partial charge in [-0.2, -0.15) is 0 Å². The molecule has 0 bridgehead atoms. The van der Waals surface area contributed by atoms with Gasteiger partial charge in [0.2, 0.25) is 0 Å². The van der Waals surface area contributed by atoms with Crippen molar-refractivity contribution >= 4 is 23.0 Å². The molecule has 1 aliphatic rings. The number of carbonyl (C=O) groups is 2. The van der Waals surface area contributed by atoms with E-state index in [1.54, 1.807) is 16.2 Å². The molecule has 1 aliphatic heterocycles. The van der Waals surface area contributed by atoms with E-state index in [1.165, 1.54) is 4.88 Å². The Morgan fingerprint density at radius 2 is 1.95 bits per heavy atom. The van der Waals surface area contributed by atoms with Crippen LogP contribution in [0.3, 0.4) is 0 Å². The first-order chi connectivity index (χ1) is 9.55. The summed E-state index contributed by atoms with van der Waals surface area (Å²) in [6.45, 7) is 12.8. The zero-order valence-corrected chi connectivity index (χ0v) is 14.7. The Labute approximate surface area is 131 Å². The van der Waals surface area contributed by atoms with Gasteiger partial charge in [-0.1, -0.05) is 20.8 Å². The predicted molar refractivity (Wildman–Crippen MR) is 87.1 cm³/mol. The Hall–Kier alpha value is -1.16. The smallest absolute Gasteiger partial charge is 0.265 e. The first-order valence-corrected chi connectivity index (χ1v) is 8.33. The summed E-state index contributed by atoms with van der Waals surface area (Å²) >= 11 is 1.57. The molecule has 0 spiro atoms. The lowest BCUT2D eigenvalue weighted by Gasteiger charge is -2.40. The molecule has 116 valence electrons. The topological polar surface area (TPSA) is 37.4 Å². The van der Waals surface area contributed by atoms with E-state index >= 15 is 0 Å². The molecule has 0 saturated carbocycles. The van der Waals surface area contributed by atoms with Gasteiger partial charge in [0.25, 0.3) is 5.91 Å². The second-order valence-corrected chi connectivity index (χ2v) is 8.47. The number of rotatable bonds is 1.